The van der Waals surface area contributed by atoms with Crippen LogP contribution in [0.1, 0.15) is 33.3 Å². The van der Waals surface area contributed by atoms with E-state index in [1.165, 1.54) is 23.8 Å². The Balaban J connectivity index is 2.03. The van der Waals surface area contributed by atoms with Crippen molar-refractivity contribution in [3.63, 3.8) is 0 Å². The van der Waals surface area contributed by atoms with Gasteiger partial charge >= 0.3 is 5.69 Å². The Morgan fingerprint density at radius 1 is 1.22 bits per heavy atom. The van der Waals surface area contributed by atoms with Crippen LogP contribution in [-0.4, -0.2) is 43.9 Å². The van der Waals surface area contributed by atoms with E-state index in [0.717, 1.165) is 0 Å². The van der Waals surface area contributed by atoms with Crippen molar-refractivity contribution in [2.45, 2.75) is 43.6 Å². The lowest BCUT2D eigenvalue weighted by molar-refractivity contribution is 0.0941. The summed E-state index contributed by atoms with van der Waals surface area (Å²) in [7, 11) is -2.72. The second-order valence-electron chi connectivity index (χ2n) is 8.88. The summed E-state index contributed by atoms with van der Waals surface area (Å²) in [5.41, 5.74) is 0.801. The fraction of sp³-hybridized carbons (Fsp3) is 0.308. The number of benzene rings is 2. The summed E-state index contributed by atoms with van der Waals surface area (Å²) in [6, 6.07) is 11.5. The predicted molar refractivity (Wildman–Crippen MR) is 139 cm³/mol. The van der Waals surface area contributed by atoms with Crippen LogP contribution in [0, 0.1) is 0 Å². The van der Waals surface area contributed by atoms with E-state index in [4.69, 9.17) is 21.1 Å². The van der Waals surface area contributed by atoms with E-state index in [-0.39, 0.29) is 39.0 Å². The molecule has 0 radical (unpaired) electrons. The highest BCUT2D eigenvalue weighted by molar-refractivity contribution is 7.92. The molecule has 0 saturated heterocycles. The number of hydrogen-bond acceptors (Lipinski definition) is 7. The third-order valence-electron chi connectivity index (χ3n) is 6.47. The van der Waals surface area contributed by atoms with Gasteiger partial charge in [0.1, 0.15) is 16.6 Å². The molecule has 0 spiro atoms. The third kappa shape index (κ3) is 4.26. The normalized spacial score (nSPS) is 15.7. The van der Waals surface area contributed by atoms with Crippen molar-refractivity contribution in [1.82, 2.24) is 9.55 Å². The van der Waals surface area contributed by atoms with Crippen molar-refractivity contribution in [2.24, 2.45) is 4.99 Å². The van der Waals surface area contributed by atoms with Crippen molar-refractivity contribution in [1.29, 1.82) is 0 Å². The maximum atomic E-state index is 14.0. The van der Waals surface area contributed by atoms with Gasteiger partial charge in [0.15, 0.2) is 21.6 Å². The summed E-state index contributed by atoms with van der Waals surface area (Å²) in [4.78, 5) is 31.7. The average molecular weight is 544 g/mol. The summed E-state index contributed by atoms with van der Waals surface area (Å²) in [5, 5.41) is 0.356. The Bertz CT molecular complexity index is 1720. The number of methoxy groups -OCH3 is 1. The Hall–Kier alpha value is -3.43. The smallest absolute Gasteiger partial charge is 0.332 e. The molecular formula is C26H26ClN3O6S. The average Bonchev–Trinajstić information content (AvgIpc) is 3.20. The SMILES string of the molecule is CCOC1N=c2c([nH]c(=O)n2-c2cc(S(=O)(=O)C(C)(C)c3ccccc3)c(OC)cc2Cl)=C(C)C1=C=O. The highest BCUT2D eigenvalue weighted by Gasteiger charge is 2.40. The molecule has 1 aliphatic heterocycles. The van der Waals surface area contributed by atoms with Crippen LogP contribution in [0.3, 0.4) is 0 Å². The molecule has 194 valence electrons. The summed E-state index contributed by atoms with van der Waals surface area (Å²) in [6.07, 6.45) is -0.978. The van der Waals surface area contributed by atoms with E-state index >= 15 is 0 Å². The molecule has 1 aromatic heterocycles. The quantitative estimate of drug-likeness (QED) is 0.457. The minimum Gasteiger partial charge on any atom is -0.495 e. The van der Waals surface area contributed by atoms with Crippen molar-refractivity contribution in [3.05, 3.63) is 79.9 Å². The van der Waals surface area contributed by atoms with Crippen molar-refractivity contribution < 1.29 is 22.7 Å². The molecule has 1 atom stereocenters. The number of rotatable bonds is 7. The number of nitrogens with zero attached hydrogens (tertiary/aromatic N) is 2. The zero-order valence-corrected chi connectivity index (χ0v) is 22.5. The van der Waals surface area contributed by atoms with E-state index in [2.05, 4.69) is 9.98 Å². The van der Waals surface area contributed by atoms with E-state index < -0.39 is 26.5 Å². The van der Waals surface area contributed by atoms with Crippen LogP contribution < -0.4 is 21.3 Å². The van der Waals surface area contributed by atoms with Crippen LogP contribution in [0.15, 0.2) is 62.7 Å². The number of fused-ring (bicyclic) bond motifs is 1. The number of aromatic amines is 1. The number of carbonyl (C=O) groups excluding carboxylic acids is 1. The molecule has 1 N–H and O–H groups in total. The second kappa shape index (κ2) is 9.79. The van der Waals surface area contributed by atoms with Gasteiger partial charge in [-0.15, -0.1) is 0 Å². The van der Waals surface area contributed by atoms with Gasteiger partial charge in [-0.1, -0.05) is 41.9 Å². The largest absolute Gasteiger partial charge is 0.495 e. The first-order chi connectivity index (χ1) is 17.5. The van der Waals surface area contributed by atoms with Crippen molar-refractivity contribution >= 4 is 33.0 Å². The maximum Gasteiger partial charge on any atom is 0.332 e. The molecule has 9 nitrogen and oxygen atoms in total. The number of sulfone groups is 1. The third-order valence-corrected chi connectivity index (χ3v) is 9.25. The molecule has 0 saturated carbocycles. The molecule has 3 aromatic rings. The number of imidazole rings is 1. The lowest BCUT2D eigenvalue weighted by atomic mass is 10.0. The number of hydrogen-bond donors (Lipinski definition) is 1. The van der Waals surface area contributed by atoms with E-state index in [0.29, 0.717) is 16.5 Å². The predicted octanol–water partition coefficient (Wildman–Crippen LogP) is 2.46. The van der Waals surface area contributed by atoms with Crippen LogP contribution >= 0.6 is 11.6 Å². The summed E-state index contributed by atoms with van der Waals surface area (Å²) in [6.45, 7) is 6.86. The van der Waals surface area contributed by atoms with Gasteiger partial charge < -0.3 is 14.5 Å². The Labute approximate surface area is 218 Å². The molecule has 37 heavy (non-hydrogen) atoms. The molecule has 4 rings (SSSR count). The van der Waals surface area contributed by atoms with Gasteiger partial charge in [0.2, 0.25) is 0 Å². The molecule has 2 heterocycles. The Kier molecular flexibility index (Phi) is 7.05. The number of aromatic nitrogens is 2. The standard InChI is InChI=1S/C26H26ClN3O6S/c1-6-36-24-17(14-31)15(2)22-23(29-24)30(25(32)28-22)19-13-21(20(35-5)12-18(19)27)37(33,34)26(3,4)16-10-8-7-9-11-16/h7-13,24H,6H2,1-5H3,(H,28,32). The van der Waals surface area contributed by atoms with E-state index in [1.807, 2.05) is 5.94 Å². The van der Waals surface area contributed by atoms with Gasteiger partial charge in [0.25, 0.3) is 0 Å². The molecular weight excluding hydrogens is 518 g/mol. The van der Waals surface area contributed by atoms with Crippen LogP contribution in [0.4, 0.5) is 0 Å². The minimum atomic E-state index is -4.07. The highest BCUT2D eigenvalue weighted by Crippen LogP contribution is 2.41. The summed E-state index contributed by atoms with van der Waals surface area (Å²) < 4.78 is 38.8. The fourth-order valence-corrected chi connectivity index (χ4v) is 6.18. The van der Waals surface area contributed by atoms with E-state index in [1.54, 1.807) is 58.0 Å². The molecule has 11 heteroatoms. The van der Waals surface area contributed by atoms with Crippen molar-refractivity contribution in [2.75, 3.05) is 13.7 Å². The number of nitrogens with one attached hydrogen (secondary N) is 1. The highest BCUT2D eigenvalue weighted by atomic mass is 35.5. The van der Waals surface area contributed by atoms with Gasteiger partial charge in [-0.05, 0) is 44.9 Å². The van der Waals surface area contributed by atoms with E-state index in [9.17, 15) is 18.0 Å². The Morgan fingerprint density at radius 2 is 1.89 bits per heavy atom. The molecule has 1 aliphatic rings. The topological polar surface area (TPSA) is 120 Å². The van der Waals surface area contributed by atoms with Crippen LogP contribution in [-0.2, 0) is 24.1 Å². The lowest BCUT2D eigenvalue weighted by Crippen LogP contribution is -2.40. The van der Waals surface area contributed by atoms with Gasteiger partial charge in [-0.3, -0.25) is 0 Å². The molecule has 0 aliphatic carbocycles. The van der Waals surface area contributed by atoms with Crippen LogP contribution in [0.5, 0.6) is 5.75 Å². The first-order valence-corrected chi connectivity index (χ1v) is 13.3. The number of halogens is 1. The van der Waals surface area contributed by atoms with Gasteiger partial charge in [0, 0.05) is 12.7 Å². The van der Waals surface area contributed by atoms with Gasteiger partial charge in [0.05, 0.1) is 33.5 Å². The zero-order valence-electron chi connectivity index (χ0n) is 21.0. The van der Waals surface area contributed by atoms with Gasteiger partial charge in [-0.25, -0.2) is 27.6 Å². The molecule has 0 bridgehead atoms. The molecule has 0 amide bonds. The first-order valence-electron chi connectivity index (χ1n) is 11.4. The first kappa shape index (κ1) is 26.6. The second-order valence-corrected chi connectivity index (χ2v) is 11.8. The summed E-state index contributed by atoms with van der Waals surface area (Å²) in [5.74, 6) is 1.88. The summed E-state index contributed by atoms with van der Waals surface area (Å²) >= 11 is 6.56. The fourth-order valence-electron chi connectivity index (χ4n) is 4.27. The molecule has 0 fully saturated rings. The molecule has 1 unspecified atom stereocenters. The Morgan fingerprint density at radius 3 is 2.49 bits per heavy atom. The number of ether oxygens (including phenoxy) is 2. The zero-order chi connectivity index (χ0) is 27.1. The van der Waals surface area contributed by atoms with Crippen LogP contribution in [0.2, 0.25) is 5.02 Å². The van der Waals surface area contributed by atoms with Crippen LogP contribution in [0.25, 0.3) is 11.3 Å². The minimum absolute atomic E-state index is 0.0354. The monoisotopic (exact) mass is 543 g/mol. The molecule has 2 aromatic carbocycles. The maximum absolute atomic E-state index is 14.0. The number of H-pyrrole nitrogens is 1. The van der Waals surface area contributed by atoms with Gasteiger partial charge in [-0.2, -0.15) is 0 Å². The lowest BCUT2D eigenvalue weighted by Gasteiger charge is -2.27. The van der Waals surface area contributed by atoms with Crippen molar-refractivity contribution in [3.8, 4) is 11.4 Å².